The predicted molar refractivity (Wildman–Crippen MR) is 97.9 cm³/mol. The molecule has 1 aliphatic heterocycles. The number of H-pyrrole nitrogens is 1. The van der Waals surface area contributed by atoms with Gasteiger partial charge in [-0.25, -0.2) is 0 Å². The molecule has 5 rings (SSSR count). The fourth-order valence-electron chi connectivity index (χ4n) is 3.81. The van der Waals surface area contributed by atoms with Crippen LogP contribution in [0, 0.1) is 0 Å². The van der Waals surface area contributed by atoms with Crippen LogP contribution in [-0.2, 0) is 19.5 Å². The molecule has 2 aromatic heterocycles. The number of nitrogens with zero attached hydrogens (tertiary/aromatic N) is 2. The van der Waals surface area contributed by atoms with Gasteiger partial charge in [-0.15, -0.1) is 0 Å². The Morgan fingerprint density at radius 2 is 1.83 bits per heavy atom. The maximum Gasteiger partial charge on any atom is 0.0705 e. The minimum Gasteiger partial charge on any atom is -0.357 e. The van der Waals surface area contributed by atoms with Crippen molar-refractivity contribution in [1.29, 1.82) is 0 Å². The summed E-state index contributed by atoms with van der Waals surface area (Å²) in [5.41, 5.74) is 6.34. The second kappa shape index (κ2) is 5.46. The van der Waals surface area contributed by atoms with E-state index in [1.165, 1.54) is 27.5 Å². The molecular formula is C21H19N3. The average Bonchev–Trinajstić information content (AvgIpc) is 2.99. The van der Waals surface area contributed by atoms with Crippen molar-refractivity contribution in [2.75, 3.05) is 6.54 Å². The van der Waals surface area contributed by atoms with Crippen LogP contribution in [0.25, 0.3) is 21.8 Å². The predicted octanol–water partition coefficient (Wildman–Crippen LogP) is 4.27. The number of benzene rings is 2. The van der Waals surface area contributed by atoms with Crippen molar-refractivity contribution in [1.82, 2.24) is 14.9 Å². The molecule has 0 amide bonds. The Morgan fingerprint density at radius 1 is 0.958 bits per heavy atom. The first-order valence-corrected chi connectivity index (χ1v) is 8.52. The van der Waals surface area contributed by atoms with E-state index in [-0.39, 0.29) is 0 Å². The van der Waals surface area contributed by atoms with Crippen molar-refractivity contribution in [3.8, 4) is 0 Å². The highest BCUT2D eigenvalue weighted by Crippen LogP contribution is 2.28. The van der Waals surface area contributed by atoms with Gasteiger partial charge in [0.25, 0.3) is 0 Å². The highest BCUT2D eigenvalue weighted by atomic mass is 15.1. The fourth-order valence-corrected chi connectivity index (χ4v) is 3.81. The number of nitrogens with one attached hydrogen (secondary N) is 1. The number of aromatic nitrogens is 2. The van der Waals surface area contributed by atoms with Gasteiger partial charge < -0.3 is 4.98 Å². The van der Waals surface area contributed by atoms with E-state index in [1.54, 1.807) is 0 Å². The SMILES string of the molecule is c1ccc2nc(CN3CCc4c([nH]c5ccccc45)C3)ccc2c1. The van der Waals surface area contributed by atoms with E-state index in [0.717, 1.165) is 37.3 Å². The molecule has 4 aromatic rings. The summed E-state index contributed by atoms with van der Waals surface area (Å²) in [5.74, 6) is 0. The fraction of sp³-hybridized carbons (Fsp3) is 0.190. The summed E-state index contributed by atoms with van der Waals surface area (Å²) >= 11 is 0. The molecule has 2 aromatic carbocycles. The number of hydrogen-bond donors (Lipinski definition) is 1. The van der Waals surface area contributed by atoms with E-state index < -0.39 is 0 Å². The third-order valence-corrected chi connectivity index (χ3v) is 5.00. The van der Waals surface area contributed by atoms with Crippen LogP contribution in [0.1, 0.15) is 17.0 Å². The molecule has 118 valence electrons. The molecule has 0 spiro atoms. The van der Waals surface area contributed by atoms with Gasteiger partial charge in [-0.2, -0.15) is 0 Å². The maximum absolute atomic E-state index is 4.82. The number of aromatic amines is 1. The Bertz CT molecular complexity index is 1030. The molecule has 0 radical (unpaired) electrons. The van der Waals surface area contributed by atoms with Crippen LogP contribution in [0.15, 0.2) is 60.7 Å². The highest BCUT2D eigenvalue weighted by Gasteiger charge is 2.20. The molecule has 0 atom stereocenters. The van der Waals surface area contributed by atoms with Crippen molar-refractivity contribution >= 4 is 21.8 Å². The van der Waals surface area contributed by atoms with Gasteiger partial charge in [0.15, 0.2) is 0 Å². The number of para-hydroxylation sites is 2. The molecule has 0 fully saturated rings. The van der Waals surface area contributed by atoms with Gasteiger partial charge in [-0.1, -0.05) is 42.5 Å². The quantitative estimate of drug-likeness (QED) is 0.599. The van der Waals surface area contributed by atoms with Crippen LogP contribution in [-0.4, -0.2) is 21.4 Å². The topological polar surface area (TPSA) is 31.9 Å². The van der Waals surface area contributed by atoms with Gasteiger partial charge in [0, 0.05) is 41.6 Å². The molecule has 3 heteroatoms. The van der Waals surface area contributed by atoms with E-state index in [4.69, 9.17) is 4.98 Å². The molecule has 0 unspecified atom stereocenters. The zero-order valence-electron chi connectivity index (χ0n) is 13.5. The third-order valence-electron chi connectivity index (χ3n) is 5.00. The van der Waals surface area contributed by atoms with E-state index >= 15 is 0 Å². The number of pyridine rings is 1. The maximum atomic E-state index is 4.82. The lowest BCUT2D eigenvalue weighted by Gasteiger charge is -2.26. The normalized spacial score (nSPS) is 15.0. The second-order valence-corrected chi connectivity index (χ2v) is 6.58. The Labute approximate surface area is 140 Å². The van der Waals surface area contributed by atoms with Crippen molar-refractivity contribution in [3.63, 3.8) is 0 Å². The van der Waals surface area contributed by atoms with Crippen LogP contribution in [0.2, 0.25) is 0 Å². The molecule has 24 heavy (non-hydrogen) atoms. The lowest BCUT2D eigenvalue weighted by Crippen LogP contribution is -2.30. The Morgan fingerprint density at radius 3 is 2.83 bits per heavy atom. The minimum absolute atomic E-state index is 0.902. The first-order chi connectivity index (χ1) is 11.9. The van der Waals surface area contributed by atoms with Crippen molar-refractivity contribution in [3.05, 3.63) is 77.6 Å². The molecule has 3 nitrogen and oxygen atoms in total. The standard InChI is InChI=1S/C21H19N3/c1-3-7-19-15(5-1)9-10-16(22-19)13-24-12-11-18-17-6-2-4-8-20(17)23-21(18)14-24/h1-10,23H,11-14H2. The van der Waals surface area contributed by atoms with Gasteiger partial charge in [-0.3, -0.25) is 9.88 Å². The summed E-state index contributed by atoms with van der Waals surface area (Å²) in [6, 6.07) is 21.3. The Balaban J connectivity index is 1.42. The Kier molecular flexibility index (Phi) is 3.13. The van der Waals surface area contributed by atoms with Gasteiger partial charge >= 0.3 is 0 Å². The summed E-state index contributed by atoms with van der Waals surface area (Å²) in [4.78, 5) is 10.9. The third kappa shape index (κ3) is 2.29. The summed E-state index contributed by atoms with van der Waals surface area (Å²) in [6.45, 7) is 2.96. The lowest BCUT2D eigenvalue weighted by molar-refractivity contribution is 0.241. The molecule has 1 N–H and O–H groups in total. The van der Waals surface area contributed by atoms with Crippen LogP contribution in [0.5, 0.6) is 0 Å². The van der Waals surface area contributed by atoms with Gasteiger partial charge in [-0.05, 0) is 30.2 Å². The van der Waals surface area contributed by atoms with Crippen molar-refractivity contribution in [2.45, 2.75) is 19.5 Å². The molecule has 0 saturated carbocycles. The van der Waals surface area contributed by atoms with Crippen molar-refractivity contribution in [2.24, 2.45) is 0 Å². The van der Waals surface area contributed by atoms with Gasteiger partial charge in [0.2, 0.25) is 0 Å². The largest absolute Gasteiger partial charge is 0.357 e. The first kappa shape index (κ1) is 13.8. The second-order valence-electron chi connectivity index (χ2n) is 6.58. The molecular weight excluding hydrogens is 294 g/mol. The van der Waals surface area contributed by atoms with Crippen LogP contribution in [0.3, 0.4) is 0 Å². The zero-order valence-corrected chi connectivity index (χ0v) is 13.5. The van der Waals surface area contributed by atoms with Crippen molar-refractivity contribution < 1.29 is 0 Å². The molecule has 0 bridgehead atoms. The number of fused-ring (bicyclic) bond motifs is 4. The number of rotatable bonds is 2. The number of hydrogen-bond acceptors (Lipinski definition) is 2. The molecule has 0 aliphatic carbocycles. The average molecular weight is 313 g/mol. The summed E-state index contributed by atoms with van der Waals surface area (Å²) in [5, 5.41) is 2.59. The smallest absolute Gasteiger partial charge is 0.0705 e. The summed E-state index contributed by atoms with van der Waals surface area (Å²) < 4.78 is 0. The van der Waals surface area contributed by atoms with Gasteiger partial charge in [0.1, 0.15) is 0 Å². The molecule has 0 saturated heterocycles. The van der Waals surface area contributed by atoms with Crippen LogP contribution >= 0.6 is 0 Å². The van der Waals surface area contributed by atoms with E-state index in [0.29, 0.717) is 0 Å². The zero-order chi connectivity index (χ0) is 15.9. The minimum atomic E-state index is 0.902. The van der Waals surface area contributed by atoms with E-state index in [1.807, 2.05) is 0 Å². The Hall–Kier alpha value is -2.65. The highest BCUT2D eigenvalue weighted by molar-refractivity contribution is 5.84. The molecule has 3 heterocycles. The monoisotopic (exact) mass is 313 g/mol. The first-order valence-electron chi connectivity index (χ1n) is 8.52. The van der Waals surface area contributed by atoms with E-state index in [9.17, 15) is 0 Å². The summed E-state index contributed by atoms with van der Waals surface area (Å²) in [6.07, 6.45) is 1.10. The van der Waals surface area contributed by atoms with E-state index in [2.05, 4.69) is 70.5 Å². The lowest BCUT2D eigenvalue weighted by atomic mass is 10.0. The van der Waals surface area contributed by atoms with Crippen LogP contribution in [0.4, 0.5) is 0 Å². The summed E-state index contributed by atoms with van der Waals surface area (Å²) in [7, 11) is 0. The molecule has 1 aliphatic rings. The van der Waals surface area contributed by atoms with Crippen LogP contribution < -0.4 is 0 Å². The van der Waals surface area contributed by atoms with Gasteiger partial charge in [0.05, 0.1) is 11.2 Å².